The molecule has 0 bridgehead atoms. The second-order valence-corrected chi connectivity index (χ2v) is 5.96. The summed E-state index contributed by atoms with van der Waals surface area (Å²) < 4.78 is 0.943. The molecular weight excluding hydrogens is 238 g/mol. The van der Waals surface area contributed by atoms with Gasteiger partial charge in [0, 0.05) is 31.8 Å². The molecule has 0 rings (SSSR count). The van der Waals surface area contributed by atoms with Gasteiger partial charge >= 0.3 is 0 Å². The summed E-state index contributed by atoms with van der Waals surface area (Å²) in [6, 6.07) is 0. The summed E-state index contributed by atoms with van der Waals surface area (Å²) in [7, 11) is 8.31. The Labute approximate surface area is 118 Å². The van der Waals surface area contributed by atoms with Gasteiger partial charge in [-0.3, -0.25) is 14.8 Å². The van der Waals surface area contributed by atoms with Crippen molar-refractivity contribution in [2.75, 3.05) is 41.3 Å². The van der Waals surface area contributed by atoms with E-state index in [0.29, 0.717) is 5.57 Å². The van der Waals surface area contributed by atoms with Gasteiger partial charge in [-0.1, -0.05) is 19.6 Å². The smallest absolute Gasteiger partial charge is 0.267 e. The summed E-state index contributed by atoms with van der Waals surface area (Å²) in [4.78, 5) is 11.9. The highest BCUT2D eigenvalue weighted by Crippen LogP contribution is 2.05. The number of hydrogen-bond donors (Lipinski definition) is 0. The first-order chi connectivity index (χ1) is 8.69. The highest BCUT2D eigenvalue weighted by Gasteiger charge is 2.14. The molecule has 0 radical (unpaired) electrons. The number of quaternary nitrogens is 1. The molecule has 19 heavy (non-hydrogen) atoms. The van der Waals surface area contributed by atoms with E-state index in [4.69, 9.17) is 0 Å². The number of carbonyl (C=O) groups is 1. The van der Waals surface area contributed by atoms with Gasteiger partial charge in [0.25, 0.3) is 5.91 Å². The maximum Gasteiger partial charge on any atom is 0.267 e. The fraction of sp³-hybridized carbons (Fsp3) is 0.667. The van der Waals surface area contributed by atoms with Gasteiger partial charge in [0.15, 0.2) is 0 Å². The average Bonchev–Trinajstić information content (AvgIpc) is 2.29. The summed E-state index contributed by atoms with van der Waals surface area (Å²) in [5.41, 5.74) is 0.559. The van der Waals surface area contributed by atoms with Gasteiger partial charge in [-0.05, 0) is 13.3 Å². The highest BCUT2D eigenvalue weighted by molar-refractivity contribution is 5.91. The lowest BCUT2D eigenvalue weighted by molar-refractivity contribution is -0.869. The predicted molar refractivity (Wildman–Crippen MR) is 81.2 cm³/mol. The van der Waals surface area contributed by atoms with Crippen LogP contribution in [0.25, 0.3) is 0 Å². The van der Waals surface area contributed by atoms with Crippen LogP contribution in [0, 0.1) is 0 Å². The molecule has 0 atom stereocenters. The fourth-order valence-corrected chi connectivity index (χ4v) is 1.60. The summed E-state index contributed by atoms with van der Waals surface area (Å²) in [6.07, 6.45) is 6.12. The van der Waals surface area contributed by atoms with Crippen molar-refractivity contribution in [3.8, 4) is 0 Å². The van der Waals surface area contributed by atoms with Gasteiger partial charge in [-0.2, -0.15) is 0 Å². The van der Waals surface area contributed by atoms with Crippen LogP contribution in [0.3, 0.4) is 0 Å². The lowest BCUT2D eigenvalue weighted by atomic mass is 10.3. The fourth-order valence-electron chi connectivity index (χ4n) is 1.60. The zero-order chi connectivity index (χ0) is 15.1. The Hall–Kier alpha value is -1.29. The minimum atomic E-state index is -0.0373. The second-order valence-electron chi connectivity index (χ2n) is 5.96. The van der Waals surface area contributed by atoms with Crippen molar-refractivity contribution in [1.82, 2.24) is 10.0 Å². The van der Waals surface area contributed by atoms with E-state index in [1.807, 2.05) is 11.2 Å². The van der Waals surface area contributed by atoms with E-state index in [9.17, 15) is 4.79 Å². The molecule has 0 heterocycles. The lowest BCUT2D eigenvalue weighted by Crippen LogP contribution is -2.41. The maximum atomic E-state index is 11.9. The molecule has 0 aromatic rings. The first-order valence-electron chi connectivity index (χ1n) is 6.86. The number of hydrogen-bond acceptors (Lipinski definition) is 2. The molecular formula is C15H30N3O+. The van der Waals surface area contributed by atoms with E-state index >= 15 is 0 Å². The Kier molecular flexibility index (Phi) is 7.45. The standard InChI is InChI=1S/C15H30N3O/c1-8-11-17(16(4)15(19)14(2)3)12-9-10-13-18(5,6)7/h9,12H,2,8,10-11,13H2,1,3-7H3/q+1. The van der Waals surface area contributed by atoms with Gasteiger partial charge in [0.2, 0.25) is 0 Å². The van der Waals surface area contributed by atoms with E-state index in [0.717, 1.165) is 30.4 Å². The van der Waals surface area contributed by atoms with Crippen molar-refractivity contribution < 1.29 is 9.28 Å². The van der Waals surface area contributed by atoms with Crippen LogP contribution >= 0.6 is 0 Å². The topological polar surface area (TPSA) is 23.6 Å². The summed E-state index contributed by atoms with van der Waals surface area (Å²) in [6.45, 7) is 9.45. The molecule has 0 aliphatic rings. The minimum Gasteiger partial charge on any atom is -0.331 e. The SMILES string of the molecule is C=C(C)C(=O)N(C)N(C=CCC[N+](C)(C)C)CCC. The van der Waals surface area contributed by atoms with Crippen LogP contribution in [-0.2, 0) is 4.79 Å². The first kappa shape index (κ1) is 17.7. The van der Waals surface area contributed by atoms with Gasteiger partial charge < -0.3 is 4.48 Å². The van der Waals surface area contributed by atoms with Crippen molar-refractivity contribution in [3.63, 3.8) is 0 Å². The molecule has 0 saturated heterocycles. The van der Waals surface area contributed by atoms with E-state index in [1.165, 1.54) is 0 Å². The van der Waals surface area contributed by atoms with E-state index < -0.39 is 0 Å². The van der Waals surface area contributed by atoms with Gasteiger partial charge in [-0.15, -0.1) is 0 Å². The Morgan fingerprint density at radius 1 is 1.32 bits per heavy atom. The molecule has 0 aliphatic heterocycles. The summed E-state index contributed by atoms with van der Waals surface area (Å²) in [5, 5.41) is 3.58. The number of likely N-dealkylation sites (N-methyl/N-ethyl adjacent to an activating group) is 1. The third-order valence-electron chi connectivity index (χ3n) is 2.74. The average molecular weight is 268 g/mol. The molecule has 0 unspecified atom stereocenters. The molecule has 0 aliphatic carbocycles. The van der Waals surface area contributed by atoms with Crippen molar-refractivity contribution in [2.24, 2.45) is 0 Å². The maximum absolute atomic E-state index is 11.9. The van der Waals surface area contributed by atoms with E-state index in [2.05, 4.69) is 40.7 Å². The van der Waals surface area contributed by atoms with Gasteiger partial charge in [0.05, 0.1) is 27.7 Å². The summed E-state index contributed by atoms with van der Waals surface area (Å²) >= 11 is 0. The molecule has 0 fully saturated rings. The molecule has 4 heteroatoms. The van der Waals surface area contributed by atoms with Crippen molar-refractivity contribution in [2.45, 2.75) is 26.7 Å². The Bertz CT molecular complexity index is 329. The first-order valence-corrected chi connectivity index (χ1v) is 6.86. The molecule has 0 aromatic heterocycles. The molecule has 0 saturated carbocycles. The second kappa shape index (κ2) is 8.00. The van der Waals surface area contributed by atoms with E-state index in [-0.39, 0.29) is 5.91 Å². The van der Waals surface area contributed by atoms with Crippen LogP contribution in [-0.4, -0.2) is 61.7 Å². The number of carbonyl (C=O) groups excluding carboxylic acids is 1. The molecule has 0 spiro atoms. The van der Waals surface area contributed by atoms with Crippen molar-refractivity contribution in [1.29, 1.82) is 0 Å². The zero-order valence-electron chi connectivity index (χ0n) is 13.4. The number of rotatable bonds is 8. The number of nitrogens with zero attached hydrogens (tertiary/aromatic N) is 3. The third-order valence-corrected chi connectivity index (χ3v) is 2.74. The van der Waals surface area contributed by atoms with Crippen LogP contribution in [0.4, 0.5) is 0 Å². The largest absolute Gasteiger partial charge is 0.331 e. The van der Waals surface area contributed by atoms with Crippen LogP contribution in [0.5, 0.6) is 0 Å². The van der Waals surface area contributed by atoms with Crippen molar-refractivity contribution >= 4 is 5.91 Å². The molecule has 4 nitrogen and oxygen atoms in total. The lowest BCUT2D eigenvalue weighted by Gasteiger charge is -2.31. The van der Waals surface area contributed by atoms with Crippen LogP contribution in [0.2, 0.25) is 0 Å². The Morgan fingerprint density at radius 3 is 2.32 bits per heavy atom. The van der Waals surface area contributed by atoms with Crippen molar-refractivity contribution in [3.05, 3.63) is 24.4 Å². The van der Waals surface area contributed by atoms with Gasteiger partial charge in [-0.25, -0.2) is 0 Å². The molecule has 0 N–H and O–H groups in total. The third kappa shape index (κ3) is 7.67. The Morgan fingerprint density at radius 2 is 1.89 bits per heavy atom. The molecule has 0 aromatic carbocycles. The minimum absolute atomic E-state index is 0.0373. The summed E-state index contributed by atoms with van der Waals surface area (Å²) in [5.74, 6) is -0.0373. The Balaban J connectivity index is 4.52. The van der Waals surface area contributed by atoms with E-state index in [1.54, 1.807) is 19.0 Å². The predicted octanol–water partition coefficient (Wildman–Crippen LogP) is 2.26. The van der Waals surface area contributed by atoms with Crippen LogP contribution in [0.15, 0.2) is 24.4 Å². The van der Waals surface area contributed by atoms with Crippen LogP contribution in [0.1, 0.15) is 26.7 Å². The molecule has 1 amide bonds. The quantitative estimate of drug-likeness (QED) is 0.383. The normalized spacial score (nSPS) is 11.7. The highest BCUT2D eigenvalue weighted by atomic mass is 16.2. The molecule has 110 valence electrons. The number of hydrazine groups is 1. The monoisotopic (exact) mass is 268 g/mol. The number of amides is 1. The zero-order valence-corrected chi connectivity index (χ0v) is 13.4. The van der Waals surface area contributed by atoms with Gasteiger partial charge in [0.1, 0.15) is 0 Å². The van der Waals surface area contributed by atoms with Crippen LogP contribution < -0.4 is 0 Å².